The molecule has 1 saturated heterocycles. The molecule has 0 bridgehead atoms. The standard InChI is InChI=1S/C11H16F3N5O2/c1-10(2)6-19(4-7(21-10)11(12,13)14)9(20)15-8-5-18(3)17-16-8/h5,7H,4,6H2,1-3H3,(H,15,20)/t7-/m0/s1. The average molecular weight is 307 g/mol. The monoisotopic (exact) mass is 307 g/mol. The molecule has 0 spiro atoms. The summed E-state index contributed by atoms with van der Waals surface area (Å²) in [6.07, 6.45) is -5.08. The number of morpholine rings is 1. The van der Waals surface area contributed by atoms with E-state index in [1.54, 1.807) is 7.05 Å². The number of hydrogen-bond acceptors (Lipinski definition) is 4. The first-order valence-electron chi connectivity index (χ1n) is 6.24. The summed E-state index contributed by atoms with van der Waals surface area (Å²) in [5, 5.41) is 9.69. The molecule has 1 atom stereocenters. The van der Waals surface area contributed by atoms with Gasteiger partial charge in [-0.3, -0.25) is 10.00 Å². The van der Waals surface area contributed by atoms with Gasteiger partial charge < -0.3 is 9.64 Å². The highest BCUT2D eigenvalue weighted by atomic mass is 19.4. The Kier molecular flexibility index (Phi) is 3.83. The summed E-state index contributed by atoms with van der Waals surface area (Å²) in [6, 6.07) is -0.666. The third-order valence-electron chi connectivity index (χ3n) is 2.91. The second-order valence-electron chi connectivity index (χ2n) is 5.50. The quantitative estimate of drug-likeness (QED) is 0.851. The summed E-state index contributed by atoms with van der Waals surface area (Å²) in [5.74, 6) is 0.176. The van der Waals surface area contributed by atoms with Gasteiger partial charge in [0, 0.05) is 7.05 Å². The smallest absolute Gasteiger partial charge is 0.359 e. The van der Waals surface area contributed by atoms with Crippen molar-refractivity contribution in [1.82, 2.24) is 19.9 Å². The minimum Gasteiger partial charge on any atom is -0.359 e. The zero-order chi connectivity index (χ0) is 15.8. The normalized spacial score (nSPS) is 22.2. The first kappa shape index (κ1) is 15.5. The number of nitrogens with zero attached hydrogens (tertiary/aromatic N) is 4. The van der Waals surface area contributed by atoms with Crippen LogP contribution in [0.25, 0.3) is 0 Å². The first-order chi connectivity index (χ1) is 9.57. The number of anilines is 1. The van der Waals surface area contributed by atoms with Gasteiger partial charge in [-0.25, -0.2) is 4.79 Å². The van der Waals surface area contributed by atoms with E-state index < -0.39 is 30.5 Å². The molecule has 1 aromatic heterocycles. The third-order valence-corrected chi connectivity index (χ3v) is 2.91. The number of halogens is 3. The second-order valence-corrected chi connectivity index (χ2v) is 5.50. The minimum atomic E-state index is -4.53. The molecule has 1 aliphatic heterocycles. The van der Waals surface area contributed by atoms with E-state index in [0.29, 0.717) is 0 Å². The number of aromatic nitrogens is 3. The summed E-state index contributed by atoms with van der Waals surface area (Å²) >= 11 is 0. The van der Waals surface area contributed by atoms with Gasteiger partial charge in [-0.05, 0) is 13.8 Å². The maximum atomic E-state index is 12.8. The zero-order valence-electron chi connectivity index (χ0n) is 11.8. The van der Waals surface area contributed by atoms with Crippen molar-refractivity contribution in [1.29, 1.82) is 0 Å². The molecule has 2 rings (SSSR count). The van der Waals surface area contributed by atoms with Crippen LogP contribution < -0.4 is 5.32 Å². The van der Waals surface area contributed by atoms with Gasteiger partial charge in [0.2, 0.25) is 0 Å². The molecular weight excluding hydrogens is 291 g/mol. The zero-order valence-corrected chi connectivity index (χ0v) is 11.8. The number of amides is 2. The summed E-state index contributed by atoms with van der Waals surface area (Å²) in [5.41, 5.74) is -1.09. The highest BCUT2D eigenvalue weighted by Crippen LogP contribution is 2.31. The molecule has 1 aliphatic rings. The van der Waals surface area contributed by atoms with Gasteiger partial charge in [0.05, 0.1) is 24.9 Å². The van der Waals surface area contributed by atoms with Crippen molar-refractivity contribution in [3.8, 4) is 0 Å². The summed E-state index contributed by atoms with van der Waals surface area (Å²) in [4.78, 5) is 13.1. The molecule has 7 nitrogen and oxygen atoms in total. The minimum absolute atomic E-state index is 0.0473. The van der Waals surface area contributed by atoms with Crippen LogP contribution in [0.4, 0.5) is 23.8 Å². The highest BCUT2D eigenvalue weighted by molar-refractivity contribution is 5.88. The Hall–Kier alpha value is -1.84. The van der Waals surface area contributed by atoms with Crippen LogP contribution in [0.3, 0.4) is 0 Å². The van der Waals surface area contributed by atoms with Crippen molar-refractivity contribution in [2.24, 2.45) is 7.05 Å². The van der Waals surface area contributed by atoms with E-state index in [1.807, 2.05) is 0 Å². The van der Waals surface area contributed by atoms with E-state index in [9.17, 15) is 18.0 Å². The number of carbonyl (C=O) groups is 1. The lowest BCUT2D eigenvalue weighted by Gasteiger charge is -2.42. The molecule has 1 fully saturated rings. The Balaban J connectivity index is 2.09. The molecule has 1 N–H and O–H groups in total. The van der Waals surface area contributed by atoms with Gasteiger partial charge in [-0.1, -0.05) is 5.21 Å². The molecule has 118 valence electrons. The van der Waals surface area contributed by atoms with Crippen LogP contribution in [0.1, 0.15) is 13.8 Å². The van der Waals surface area contributed by atoms with Crippen LogP contribution in [0, 0.1) is 0 Å². The predicted octanol–water partition coefficient (Wildman–Crippen LogP) is 1.39. The molecule has 0 aliphatic carbocycles. The Morgan fingerprint density at radius 1 is 1.52 bits per heavy atom. The fraction of sp³-hybridized carbons (Fsp3) is 0.727. The lowest BCUT2D eigenvalue weighted by molar-refractivity contribution is -0.267. The molecule has 2 amide bonds. The Morgan fingerprint density at radius 3 is 2.71 bits per heavy atom. The van der Waals surface area contributed by atoms with Crippen LogP contribution in [-0.2, 0) is 11.8 Å². The highest BCUT2D eigenvalue weighted by Gasteiger charge is 2.49. The van der Waals surface area contributed by atoms with E-state index in [0.717, 1.165) is 4.90 Å². The number of nitrogens with one attached hydrogen (secondary N) is 1. The van der Waals surface area contributed by atoms with E-state index in [2.05, 4.69) is 15.6 Å². The molecule has 2 heterocycles. The van der Waals surface area contributed by atoms with E-state index >= 15 is 0 Å². The molecule has 10 heteroatoms. The van der Waals surface area contributed by atoms with Crippen LogP contribution in [0.15, 0.2) is 6.20 Å². The van der Waals surface area contributed by atoms with Crippen LogP contribution in [-0.4, -0.2) is 56.9 Å². The van der Waals surface area contributed by atoms with Gasteiger partial charge in [-0.15, -0.1) is 5.10 Å². The molecule has 0 aromatic carbocycles. The van der Waals surface area contributed by atoms with E-state index in [4.69, 9.17) is 4.74 Å². The van der Waals surface area contributed by atoms with E-state index in [1.165, 1.54) is 24.7 Å². The van der Waals surface area contributed by atoms with Gasteiger partial charge in [0.1, 0.15) is 0 Å². The number of rotatable bonds is 1. The number of ether oxygens (including phenoxy) is 1. The molecule has 0 saturated carbocycles. The second kappa shape index (κ2) is 5.17. The van der Waals surface area contributed by atoms with Crippen molar-refractivity contribution in [3.63, 3.8) is 0 Å². The first-order valence-corrected chi connectivity index (χ1v) is 6.24. The lowest BCUT2D eigenvalue weighted by Crippen LogP contribution is -2.59. The number of alkyl halides is 3. The SMILES string of the molecule is Cn1cc(NC(=O)N2C[C@@H](C(F)(F)F)OC(C)(C)C2)nn1. The number of urea groups is 1. The molecule has 0 unspecified atom stereocenters. The largest absolute Gasteiger partial charge is 0.416 e. The number of aryl methyl sites for hydroxylation is 1. The summed E-state index contributed by atoms with van der Waals surface area (Å²) < 4.78 is 44.9. The lowest BCUT2D eigenvalue weighted by atomic mass is 10.1. The van der Waals surface area contributed by atoms with Crippen molar-refractivity contribution in [2.75, 3.05) is 18.4 Å². The maximum Gasteiger partial charge on any atom is 0.416 e. The topological polar surface area (TPSA) is 72.3 Å². The predicted molar refractivity (Wildman–Crippen MR) is 66.6 cm³/mol. The Labute approximate surface area is 119 Å². The maximum absolute atomic E-state index is 12.8. The fourth-order valence-electron chi connectivity index (χ4n) is 2.10. The third kappa shape index (κ3) is 3.84. The summed E-state index contributed by atoms with van der Waals surface area (Å²) in [6.45, 7) is 2.51. The molecular formula is C11H16F3N5O2. The number of hydrogen-bond donors (Lipinski definition) is 1. The molecule has 1 aromatic rings. The van der Waals surface area contributed by atoms with Crippen LogP contribution in [0.5, 0.6) is 0 Å². The number of carbonyl (C=O) groups excluding carboxylic acids is 1. The van der Waals surface area contributed by atoms with Crippen molar-refractivity contribution in [2.45, 2.75) is 31.7 Å². The average Bonchev–Trinajstić information content (AvgIpc) is 2.71. The summed E-state index contributed by atoms with van der Waals surface area (Å²) in [7, 11) is 1.61. The van der Waals surface area contributed by atoms with Crippen molar-refractivity contribution < 1.29 is 22.7 Å². The van der Waals surface area contributed by atoms with Gasteiger partial charge >= 0.3 is 12.2 Å². The van der Waals surface area contributed by atoms with Crippen LogP contribution >= 0.6 is 0 Å². The van der Waals surface area contributed by atoms with Crippen molar-refractivity contribution >= 4 is 11.8 Å². The fourth-order valence-corrected chi connectivity index (χ4v) is 2.10. The van der Waals surface area contributed by atoms with E-state index in [-0.39, 0.29) is 12.4 Å². The Morgan fingerprint density at radius 2 is 2.19 bits per heavy atom. The van der Waals surface area contributed by atoms with Gasteiger partial charge in [0.15, 0.2) is 11.9 Å². The van der Waals surface area contributed by atoms with Crippen molar-refractivity contribution in [3.05, 3.63) is 6.20 Å². The Bertz CT molecular complexity index is 528. The molecule has 21 heavy (non-hydrogen) atoms. The van der Waals surface area contributed by atoms with Gasteiger partial charge in [0.25, 0.3) is 0 Å². The van der Waals surface area contributed by atoms with Crippen LogP contribution in [0.2, 0.25) is 0 Å². The molecule has 0 radical (unpaired) electrons. The van der Waals surface area contributed by atoms with Gasteiger partial charge in [-0.2, -0.15) is 13.2 Å².